The number of carbonyl (C=O) groups excluding carboxylic acids is 3. The molecule has 0 unspecified atom stereocenters. The van der Waals surface area contributed by atoms with Crippen LogP contribution in [0.15, 0.2) is 54.6 Å². The van der Waals surface area contributed by atoms with Gasteiger partial charge in [0.05, 0.1) is 31.2 Å². The van der Waals surface area contributed by atoms with Crippen molar-refractivity contribution in [3.63, 3.8) is 0 Å². The highest BCUT2D eigenvalue weighted by Crippen LogP contribution is 2.67. The molecule has 4 atom stereocenters. The molecular formula is C41H55F2N4O7PS. The Labute approximate surface area is 332 Å². The van der Waals surface area contributed by atoms with Gasteiger partial charge in [-0.2, -0.15) is 8.78 Å². The SMILES string of the molecule is CCOP(=O)(OCC)C(F)(F)c1ccc2sc(C(=O)N[C@H](C(=O)N3CC[C@@H](CC4CCNCC4)[C@H]3C(=O)N3CCO[C@H](c4ccccc4)C3)C(C)(C)C)cc2c1. The number of amides is 3. The number of nitrogens with one attached hydrogen (secondary N) is 2. The molecule has 2 N–H and O–H groups in total. The first-order valence-electron chi connectivity index (χ1n) is 19.7. The number of halogens is 2. The number of nitrogens with zero attached hydrogens (tertiary/aromatic N) is 2. The number of fused-ring (bicyclic) bond motifs is 1. The van der Waals surface area contributed by atoms with E-state index in [1.54, 1.807) is 4.90 Å². The Kier molecular flexibility index (Phi) is 13.4. The maximum atomic E-state index is 15.6. The normalized spacial score (nSPS) is 22.0. The number of carbonyl (C=O) groups is 3. The third-order valence-corrected chi connectivity index (χ3v) is 14.4. The molecule has 3 aliphatic rings. The summed E-state index contributed by atoms with van der Waals surface area (Å²) >= 11 is 1.10. The summed E-state index contributed by atoms with van der Waals surface area (Å²) in [5.41, 5.74) is -4.23. The molecule has 56 heavy (non-hydrogen) atoms. The van der Waals surface area contributed by atoms with Crippen molar-refractivity contribution in [3.8, 4) is 0 Å². The summed E-state index contributed by atoms with van der Waals surface area (Å²) in [7, 11) is -4.84. The predicted octanol–water partition coefficient (Wildman–Crippen LogP) is 7.57. The van der Waals surface area contributed by atoms with Gasteiger partial charge in [0.15, 0.2) is 0 Å². The van der Waals surface area contributed by atoms with Crippen molar-refractivity contribution < 1.29 is 41.5 Å². The minimum atomic E-state index is -4.84. The molecule has 6 rings (SSSR count). The summed E-state index contributed by atoms with van der Waals surface area (Å²) in [6.07, 6.45) is 3.30. The molecule has 3 aromatic rings. The molecule has 3 amide bonds. The Morgan fingerprint density at radius 3 is 2.36 bits per heavy atom. The van der Waals surface area contributed by atoms with Gasteiger partial charge in [-0.15, -0.1) is 11.3 Å². The minimum absolute atomic E-state index is 0.0282. The largest absolute Gasteiger partial charge is 0.404 e. The van der Waals surface area contributed by atoms with Crippen LogP contribution in [-0.4, -0.2) is 92.1 Å². The summed E-state index contributed by atoms with van der Waals surface area (Å²) in [5, 5.41) is 6.74. The molecule has 0 bridgehead atoms. The Hall–Kier alpha value is -3.26. The second-order valence-corrected chi connectivity index (χ2v) is 19.2. The minimum Gasteiger partial charge on any atom is -0.370 e. The number of hydrogen-bond donors (Lipinski definition) is 2. The third-order valence-electron chi connectivity index (χ3n) is 11.1. The quantitative estimate of drug-likeness (QED) is 0.169. The number of hydrogen-bond acceptors (Lipinski definition) is 9. The van der Waals surface area contributed by atoms with Gasteiger partial charge in [-0.1, -0.05) is 57.2 Å². The van der Waals surface area contributed by atoms with Gasteiger partial charge in [0.25, 0.3) is 5.91 Å². The van der Waals surface area contributed by atoms with Crippen molar-refractivity contribution >= 4 is 46.7 Å². The fourth-order valence-electron chi connectivity index (χ4n) is 8.19. The topological polar surface area (TPSA) is 127 Å². The molecule has 3 aliphatic heterocycles. The van der Waals surface area contributed by atoms with Crippen LogP contribution in [0.2, 0.25) is 0 Å². The highest BCUT2D eigenvalue weighted by Gasteiger charge is 2.55. The molecule has 11 nitrogen and oxygen atoms in total. The van der Waals surface area contributed by atoms with Crippen molar-refractivity contribution in [2.75, 3.05) is 52.5 Å². The van der Waals surface area contributed by atoms with Crippen molar-refractivity contribution in [1.29, 1.82) is 0 Å². The average molecular weight is 817 g/mol. The number of morpholine rings is 1. The molecule has 3 saturated heterocycles. The van der Waals surface area contributed by atoms with Crippen LogP contribution in [0.3, 0.4) is 0 Å². The molecule has 2 aromatic carbocycles. The number of thiophene rings is 1. The third kappa shape index (κ3) is 9.06. The Balaban J connectivity index is 1.24. The van der Waals surface area contributed by atoms with Crippen LogP contribution in [0.4, 0.5) is 8.78 Å². The van der Waals surface area contributed by atoms with Gasteiger partial charge in [0, 0.05) is 23.4 Å². The second-order valence-electron chi connectivity index (χ2n) is 16.0. The lowest BCUT2D eigenvalue weighted by Crippen LogP contribution is -2.59. The Morgan fingerprint density at radius 2 is 1.70 bits per heavy atom. The highest BCUT2D eigenvalue weighted by molar-refractivity contribution is 7.54. The monoisotopic (exact) mass is 816 g/mol. The van der Waals surface area contributed by atoms with Gasteiger partial charge < -0.3 is 34.2 Å². The van der Waals surface area contributed by atoms with E-state index in [4.69, 9.17) is 13.8 Å². The van der Waals surface area contributed by atoms with Gasteiger partial charge >= 0.3 is 13.3 Å². The second kappa shape index (κ2) is 17.7. The average Bonchev–Trinajstić information content (AvgIpc) is 3.81. The summed E-state index contributed by atoms with van der Waals surface area (Å²) < 4.78 is 60.9. The van der Waals surface area contributed by atoms with E-state index in [9.17, 15) is 18.9 Å². The molecule has 0 aliphatic carbocycles. The number of benzene rings is 2. The zero-order chi connectivity index (χ0) is 40.3. The van der Waals surface area contributed by atoms with Gasteiger partial charge in [-0.3, -0.25) is 18.9 Å². The first-order valence-corrected chi connectivity index (χ1v) is 22.1. The summed E-state index contributed by atoms with van der Waals surface area (Å²) in [5.74, 6) is -0.525. The van der Waals surface area contributed by atoms with E-state index in [-0.39, 0.29) is 41.9 Å². The molecule has 3 fully saturated rings. The lowest BCUT2D eigenvalue weighted by atomic mass is 9.83. The van der Waals surface area contributed by atoms with E-state index >= 15 is 8.78 Å². The first kappa shape index (κ1) is 42.3. The number of rotatable bonds is 13. The van der Waals surface area contributed by atoms with Crippen LogP contribution >= 0.6 is 18.9 Å². The summed E-state index contributed by atoms with van der Waals surface area (Å²) in [6, 6.07) is 13.5. The zero-order valence-electron chi connectivity index (χ0n) is 32.9. The molecular weight excluding hydrogens is 762 g/mol. The van der Waals surface area contributed by atoms with Crippen LogP contribution in [0.1, 0.15) is 87.2 Å². The van der Waals surface area contributed by atoms with Crippen molar-refractivity contribution in [1.82, 2.24) is 20.4 Å². The Morgan fingerprint density at radius 1 is 1.00 bits per heavy atom. The summed E-state index contributed by atoms with van der Waals surface area (Å²) in [6.45, 7) is 11.6. The maximum Gasteiger partial charge on any atom is 0.404 e. The Bertz CT molecular complexity index is 1890. The first-order chi connectivity index (χ1) is 26.7. The van der Waals surface area contributed by atoms with E-state index in [1.807, 2.05) is 56.0 Å². The number of ether oxygens (including phenoxy) is 1. The fraction of sp³-hybridized carbons (Fsp3) is 0.585. The highest BCUT2D eigenvalue weighted by atomic mass is 32.1. The number of alkyl halides is 2. The maximum absolute atomic E-state index is 15.6. The van der Waals surface area contributed by atoms with Crippen LogP contribution in [0.5, 0.6) is 0 Å². The molecule has 15 heteroatoms. The fourth-order valence-corrected chi connectivity index (χ4v) is 10.7. The van der Waals surface area contributed by atoms with Crippen LogP contribution in [0, 0.1) is 17.3 Å². The predicted molar refractivity (Wildman–Crippen MR) is 213 cm³/mol. The van der Waals surface area contributed by atoms with Gasteiger partial charge in [0.2, 0.25) is 11.8 Å². The van der Waals surface area contributed by atoms with E-state index in [0.29, 0.717) is 48.7 Å². The summed E-state index contributed by atoms with van der Waals surface area (Å²) in [4.78, 5) is 47.2. The molecule has 0 spiro atoms. The van der Waals surface area contributed by atoms with Gasteiger partial charge in [0.1, 0.15) is 18.2 Å². The van der Waals surface area contributed by atoms with Crippen LogP contribution < -0.4 is 10.6 Å². The number of likely N-dealkylation sites (tertiary alicyclic amines) is 1. The standard InChI is InChI=1S/C41H55F2N4O7PS/c1-6-53-55(51,54-7-2)41(42,43)31-13-14-33-30(24-31)25-34(56-33)37(48)45-36(40(3,4)5)39(50)47-20-17-29(23-27-15-18-44-19-16-27)35(47)38(49)46-21-22-52-32(26-46)28-11-9-8-10-12-28/h8-14,24-25,27,29,32,35-36,44H,6-7,15-23,26H2,1-5H3,(H,45,48)/t29-,32-,35-,36+/m0/s1. The van der Waals surface area contributed by atoms with E-state index in [2.05, 4.69) is 10.6 Å². The molecule has 306 valence electrons. The molecule has 0 radical (unpaired) electrons. The lowest BCUT2D eigenvalue weighted by molar-refractivity contribution is -0.152. The van der Waals surface area contributed by atoms with E-state index in [0.717, 1.165) is 55.3 Å². The smallest absolute Gasteiger partial charge is 0.370 e. The molecule has 0 saturated carbocycles. The van der Waals surface area contributed by atoms with Gasteiger partial charge in [-0.05, 0) is 99.0 Å². The van der Waals surface area contributed by atoms with Crippen LogP contribution in [0.25, 0.3) is 10.1 Å². The number of piperidine rings is 1. The molecule has 4 heterocycles. The van der Waals surface area contributed by atoms with E-state index < -0.39 is 42.2 Å². The van der Waals surface area contributed by atoms with Crippen molar-refractivity contribution in [2.24, 2.45) is 17.3 Å². The van der Waals surface area contributed by atoms with Crippen LogP contribution in [-0.2, 0) is 33.6 Å². The van der Waals surface area contributed by atoms with Gasteiger partial charge in [-0.25, -0.2) is 0 Å². The lowest BCUT2D eigenvalue weighted by Gasteiger charge is -2.40. The zero-order valence-corrected chi connectivity index (χ0v) is 34.6. The van der Waals surface area contributed by atoms with Crippen molar-refractivity contribution in [2.45, 2.75) is 84.2 Å². The van der Waals surface area contributed by atoms with E-state index in [1.165, 1.54) is 32.0 Å². The molecule has 1 aromatic heterocycles. The van der Waals surface area contributed by atoms with Crippen molar-refractivity contribution in [3.05, 3.63) is 70.6 Å².